The Morgan fingerprint density at radius 2 is 2.08 bits per heavy atom. The van der Waals surface area contributed by atoms with Crippen LogP contribution in [0.1, 0.15) is 29.2 Å². The van der Waals surface area contributed by atoms with Crippen molar-refractivity contribution in [2.75, 3.05) is 6.61 Å². The molecule has 25 heavy (non-hydrogen) atoms. The number of ether oxygens (including phenoxy) is 2. The monoisotopic (exact) mass is 367 g/mol. The van der Waals surface area contributed by atoms with Crippen LogP contribution in [0.4, 0.5) is 8.78 Å². The molecule has 0 spiro atoms. The van der Waals surface area contributed by atoms with Gasteiger partial charge in [0.25, 0.3) is 0 Å². The summed E-state index contributed by atoms with van der Waals surface area (Å²) >= 11 is 5.96. The molecule has 3 heterocycles. The number of aliphatic hydroxyl groups excluding tert-OH is 1. The third-order valence-corrected chi connectivity index (χ3v) is 4.11. The minimum absolute atomic E-state index is 0.0122. The van der Waals surface area contributed by atoms with E-state index in [0.717, 1.165) is 0 Å². The van der Waals surface area contributed by atoms with E-state index in [1.165, 1.54) is 10.6 Å². The van der Waals surface area contributed by atoms with Gasteiger partial charge >= 0.3 is 6.61 Å². The fraction of sp³-hybridized carbons (Fsp3) is 0.250. The average molecular weight is 368 g/mol. The number of aromatic nitrogens is 3. The standard InChI is InChI=1S/C16H12ClF2N3O3/c17-11-5-6-12-20-13-9(23)7-24-15(14(13)22(12)21-11)8-3-1-2-4-10(8)25-16(18)19/h1-6,9,15-16,23H,7H2/t9?,15-/m0/s1. The quantitative estimate of drug-likeness (QED) is 0.770. The van der Waals surface area contributed by atoms with E-state index in [2.05, 4.69) is 14.8 Å². The predicted octanol–water partition coefficient (Wildman–Crippen LogP) is 3.14. The molecule has 1 aliphatic heterocycles. The molecular weight excluding hydrogens is 356 g/mol. The molecule has 6 nitrogen and oxygen atoms in total. The second kappa shape index (κ2) is 6.21. The zero-order valence-corrected chi connectivity index (χ0v) is 13.4. The predicted molar refractivity (Wildman–Crippen MR) is 83.8 cm³/mol. The number of hydrogen-bond donors (Lipinski definition) is 1. The van der Waals surface area contributed by atoms with Gasteiger partial charge in [0, 0.05) is 5.56 Å². The Hall–Kier alpha value is -2.29. The van der Waals surface area contributed by atoms with Crippen molar-refractivity contribution < 1.29 is 23.4 Å². The molecule has 9 heteroatoms. The van der Waals surface area contributed by atoms with Crippen LogP contribution in [-0.4, -0.2) is 32.9 Å². The molecule has 130 valence electrons. The second-order valence-electron chi connectivity index (χ2n) is 5.45. The first-order chi connectivity index (χ1) is 12.0. The molecular formula is C16H12ClF2N3O3. The SMILES string of the molecule is OC1CO[C@@H](c2ccccc2OC(F)F)c2c1nc1ccc(Cl)nn21. The summed E-state index contributed by atoms with van der Waals surface area (Å²) in [6.45, 7) is -3.00. The molecule has 0 bridgehead atoms. The van der Waals surface area contributed by atoms with Gasteiger partial charge in [-0.2, -0.15) is 13.9 Å². The van der Waals surface area contributed by atoms with E-state index in [1.54, 1.807) is 30.3 Å². The van der Waals surface area contributed by atoms with Crippen LogP contribution in [-0.2, 0) is 4.74 Å². The van der Waals surface area contributed by atoms with Crippen molar-refractivity contribution in [1.29, 1.82) is 0 Å². The molecule has 0 fully saturated rings. The lowest BCUT2D eigenvalue weighted by atomic mass is 10.00. The van der Waals surface area contributed by atoms with Crippen molar-refractivity contribution in [3.63, 3.8) is 0 Å². The Morgan fingerprint density at radius 1 is 1.28 bits per heavy atom. The van der Waals surface area contributed by atoms with Crippen molar-refractivity contribution in [2.24, 2.45) is 0 Å². The van der Waals surface area contributed by atoms with E-state index < -0.39 is 18.8 Å². The van der Waals surface area contributed by atoms with Gasteiger partial charge in [0.2, 0.25) is 0 Å². The average Bonchev–Trinajstić information content (AvgIpc) is 2.95. The Kier molecular flexibility index (Phi) is 4.03. The van der Waals surface area contributed by atoms with Crippen LogP contribution in [0.15, 0.2) is 36.4 Å². The van der Waals surface area contributed by atoms with E-state index in [4.69, 9.17) is 16.3 Å². The van der Waals surface area contributed by atoms with E-state index in [0.29, 0.717) is 22.6 Å². The Morgan fingerprint density at radius 3 is 2.88 bits per heavy atom. The molecule has 3 aromatic rings. The number of imidazole rings is 1. The maximum Gasteiger partial charge on any atom is 0.387 e. The third kappa shape index (κ3) is 2.82. The highest BCUT2D eigenvalue weighted by Crippen LogP contribution is 2.40. The lowest BCUT2D eigenvalue weighted by molar-refractivity contribution is -0.0549. The largest absolute Gasteiger partial charge is 0.434 e. The lowest BCUT2D eigenvalue weighted by Gasteiger charge is -2.27. The Balaban J connectivity index is 1.91. The first-order valence-corrected chi connectivity index (χ1v) is 7.81. The van der Waals surface area contributed by atoms with E-state index in [9.17, 15) is 13.9 Å². The van der Waals surface area contributed by atoms with Gasteiger partial charge in [-0.25, -0.2) is 9.50 Å². The lowest BCUT2D eigenvalue weighted by Crippen LogP contribution is -2.24. The molecule has 0 saturated carbocycles. The minimum atomic E-state index is -2.97. The molecule has 2 aromatic heterocycles. The van der Waals surface area contributed by atoms with Gasteiger partial charge in [-0.15, -0.1) is 0 Å². The summed E-state index contributed by atoms with van der Waals surface area (Å²) in [6, 6.07) is 9.55. The number of rotatable bonds is 3. The van der Waals surface area contributed by atoms with Crippen molar-refractivity contribution >= 4 is 17.2 Å². The first-order valence-electron chi connectivity index (χ1n) is 7.43. The smallest absolute Gasteiger partial charge is 0.387 e. The van der Waals surface area contributed by atoms with Crippen LogP contribution in [0.2, 0.25) is 5.15 Å². The number of benzene rings is 1. The summed E-state index contributed by atoms with van der Waals surface area (Å²) in [5.41, 5.74) is 1.66. The maximum absolute atomic E-state index is 12.7. The highest BCUT2D eigenvalue weighted by Gasteiger charge is 2.35. The van der Waals surface area contributed by atoms with Crippen molar-refractivity contribution in [3.8, 4) is 5.75 Å². The van der Waals surface area contributed by atoms with Crippen LogP contribution in [0.25, 0.3) is 5.65 Å². The number of aliphatic hydroxyl groups is 1. The van der Waals surface area contributed by atoms with Crippen LogP contribution in [0.3, 0.4) is 0 Å². The van der Waals surface area contributed by atoms with Crippen LogP contribution >= 0.6 is 11.6 Å². The highest BCUT2D eigenvalue weighted by atomic mass is 35.5. The van der Waals surface area contributed by atoms with Crippen molar-refractivity contribution in [3.05, 3.63) is 58.5 Å². The number of nitrogens with zero attached hydrogens (tertiary/aromatic N) is 3. The molecule has 0 aliphatic carbocycles. The molecule has 1 aliphatic rings. The molecule has 1 unspecified atom stereocenters. The van der Waals surface area contributed by atoms with Gasteiger partial charge in [-0.1, -0.05) is 29.8 Å². The summed E-state index contributed by atoms with van der Waals surface area (Å²) in [5, 5.41) is 14.6. The molecule has 0 saturated heterocycles. The normalized spacial score (nSPS) is 20.0. The molecule has 1 aromatic carbocycles. The van der Waals surface area contributed by atoms with E-state index >= 15 is 0 Å². The summed E-state index contributed by atoms with van der Waals surface area (Å²) in [7, 11) is 0. The Labute approximate surface area is 145 Å². The molecule has 4 rings (SSSR count). The van der Waals surface area contributed by atoms with Gasteiger partial charge in [0.05, 0.1) is 12.3 Å². The minimum Gasteiger partial charge on any atom is -0.434 e. The number of para-hydroxylation sites is 1. The van der Waals surface area contributed by atoms with Gasteiger partial charge < -0.3 is 14.6 Å². The summed E-state index contributed by atoms with van der Waals surface area (Å²) in [5.74, 6) is -0.0122. The molecule has 0 radical (unpaired) electrons. The Bertz CT molecular complexity index is 934. The topological polar surface area (TPSA) is 68.9 Å². The van der Waals surface area contributed by atoms with Crippen molar-refractivity contribution in [2.45, 2.75) is 18.8 Å². The summed E-state index contributed by atoms with van der Waals surface area (Å²) < 4.78 is 37.2. The number of alkyl halides is 2. The number of halogens is 3. The van der Waals surface area contributed by atoms with E-state index in [-0.39, 0.29) is 17.5 Å². The second-order valence-corrected chi connectivity index (χ2v) is 5.84. The fourth-order valence-electron chi connectivity index (χ4n) is 2.92. The van der Waals surface area contributed by atoms with Crippen LogP contribution in [0.5, 0.6) is 5.75 Å². The van der Waals surface area contributed by atoms with Gasteiger partial charge in [-0.3, -0.25) is 0 Å². The highest BCUT2D eigenvalue weighted by molar-refractivity contribution is 6.29. The number of fused-ring (bicyclic) bond motifs is 3. The summed E-state index contributed by atoms with van der Waals surface area (Å²) in [4.78, 5) is 4.36. The maximum atomic E-state index is 12.7. The number of hydrogen-bond acceptors (Lipinski definition) is 5. The van der Waals surface area contributed by atoms with Crippen LogP contribution in [0, 0.1) is 0 Å². The van der Waals surface area contributed by atoms with Crippen molar-refractivity contribution in [1.82, 2.24) is 14.6 Å². The fourth-order valence-corrected chi connectivity index (χ4v) is 3.06. The van der Waals surface area contributed by atoms with Gasteiger partial charge in [0.15, 0.2) is 5.65 Å². The molecule has 1 N–H and O–H groups in total. The zero-order chi connectivity index (χ0) is 17.6. The van der Waals surface area contributed by atoms with Gasteiger partial charge in [-0.05, 0) is 18.2 Å². The summed E-state index contributed by atoms with van der Waals surface area (Å²) in [6.07, 6.45) is -1.73. The first kappa shape index (κ1) is 16.2. The van der Waals surface area contributed by atoms with E-state index in [1.807, 2.05) is 0 Å². The third-order valence-electron chi connectivity index (χ3n) is 3.91. The zero-order valence-electron chi connectivity index (χ0n) is 12.6. The van der Waals surface area contributed by atoms with Gasteiger partial charge in [0.1, 0.15) is 28.8 Å². The van der Waals surface area contributed by atoms with Crippen LogP contribution < -0.4 is 4.74 Å². The molecule has 2 atom stereocenters. The molecule has 0 amide bonds.